The van der Waals surface area contributed by atoms with Gasteiger partial charge in [0.1, 0.15) is 18.5 Å². The minimum Gasteiger partial charge on any atom is -0.491 e. The molecule has 1 fully saturated rings. The second kappa shape index (κ2) is 7.30. The summed E-state index contributed by atoms with van der Waals surface area (Å²) < 4.78 is 5.65. The van der Waals surface area contributed by atoms with Gasteiger partial charge in [0.15, 0.2) is 0 Å². The fourth-order valence-corrected chi connectivity index (χ4v) is 2.77. The quantitative estimate of drug-likeness (QED) is 0.905. The number of halogens is 1. The summed E-state index contributed by atoms with van der Waals surface area (Å²) in [6, 6.07) is 6.13. The molecule has 1 aliphatic rings. The molecule has 3 nitrogen and oxygen atoms in total. The van der Waals surface area contributed by atoms with Gasteiger partial charge in [0.05, 0.1) is 0 Å². The van der Waals surface area contributed by atoms with Crippen molar-refractivity contribution in [3.05, 3.63) is 28.8 Å². The van der Waals surface area contributed by atoms with Gasteiger partial charge in [-0.05, 0) is 57.0 Å². The topological polar surface area (TPSA) is 32.7 Å². The Balaban J connectivity index is 1.79. The predicted molar refractivity (Wildman–Crippen MR) is 82.6 cm³/mol. The molecule has 0 unspecified atom stereocenters. The number of rotatable bonds is 5. The summed E-state index contributed by atoms with van der Waals surface area (Å²) in [7, 11) is 0. The number of benzene rings is 1. The first-order valence-corrected chi connectivity index (χ1v) is 7.75. The zero-order valence-electron chi connectivity index (χ0n) is 12.3. The fraction of sp³-hybridized carbons (Fsp3) is 0.625. The first-order valence-electron chi connectivity index (χ1n) is 7.37. The molecule has 20 heavy (non-hydrogen) atoms. The second-order valence-electron chi connectivity index (χ2n) is 5.72. The molecule has 0 radical (unpaired) electrons. The van der Waals surface area contributed by atoms with Crippen molar-refractivity contribution < 1.29 is 9.84 Å². The maximum absolute atomic E-state index is 10.1. The van der Waals surface area contributed by atoms with E-state index in [9.17, 15) is 5.11 Å². The summed E-state index contributed by atoms with van der Waals surface area (Å²) in [5.41, 5.74) is 0.989. The van der Waals surface area contributed by atoms with Crippen molar-refractivity contribution in [1.82, 2.24) is 4.90 Å². The Bertz CT molecular complexity index is 438. The van der Waals surface area contributed by atoms with E-state index in [-0.39, 0.29) is 0 Å². The molecule has 1 aromatic rings. The normalized spacial score (nSPS) is 21.7. The second-order valence-corrected chi connectivity index (χ2v) is 6.12. The van der Waals surface area contributed by atoms with Crippen LogP contribution in [-0.2, 0) is 0 Å². The highest BCUT2D eigenvalue weighted by Gasteiger charge is 2.20. The van der Waals surface area contributed by atoms with Crippen LogP contribution in [0.4, 0.5) is 0 Å². The minimum absolute atomic E-state index is 0.324. The largest absolute Gasteiger partial charge is 0.491 e. The van der Waals surface area contributed by atoms with Crippen LogP contribution in [0, 0.1) is 6.92 Å². The molecule has 2 rings (SSSR count). The van der Waals surface area contributed by atoms with Crippen LogP contribution < -0.4 is 4.74 Å². The van der Waals surface area contributed by atoms with Crippen LogP contribution in [0.15, 0.2) is 18.2 Å². The van der Waals surface area contributed by atoms with Gasteiger partial charge in [-0.2, -0.15) is 0 Å². The number of piperidine rings is 1. The van der Waals surface area contributed by atoms with Crippen LogP contribution >= 0.6 is 11.6 Å². The highest BCUT2D eigenvalue weighted by Crippen LogP contribution is 2.21. The highest BCUT2D eigenvalue weighted by atomic mass is 35.5. The zero-order valence-corrected chi connectivity index (χ0v) is 13.1. The standard InChI is InChI=1S/C16H24ClNO2/c1-12-9-15(6-7-16(12)17)20-11-14(19)10-18-8-4-3-5-13(18)2/h6-7,9,13-14,19H,3-5,8,10-11H2,1-2H3/t13-,14-/m1/s1. The average molecular weight is 298 g/mol. The molecule has 0 amide bonds. The van der Waals surface area contributed by atoms with Gasteiger partial charge in [0.2, 0.25) is 0 Å². The monoisotopic (exact) mass is 297 g/mol. The van der Waals surface area contributed by atoms with Crippen LogP contribution in [0.25, 0.3) is 0 Å². The summed E-state index contributed by atoms with van der Waals surface area (Å²) in [5.74, 6) is 0.762. The van der Waals surface area contributed by atoms with Crippen molar-refractivity contribution in [2.75, 3.05) is 19.7 Å². The van der Waals surface area contributed by atoms with E-state index in [1.54, 1.807) is 0 Å². The first kappa shape index (κ1) is 15.6. The lowest BCUT2D eigenvalue weighted by Gasteiger charge is -2.34. The predicted octanol–water partition coefficient (Wildman–Crippen LogP) is 3.26. The van der Waals surface area contributed by atoms with Gasteiger partial charge in [-0.25, -0.2) is 0 Å². The molecule has 0 aromatic heterocycles. The SMILES string of the molecule is Cc1cc(OC[C@H](O)CN2CCCC[C@H]2C)ccc1Cl. The maximum Gasteiger partial charge on any atom is 0.119 e. The zero-order chi connectivity index (χ0) is 14.5. The fourth-order valence-electron chi connectivity index (χ4n) is 2.65. The lowest BCUT2D eigenvalue weighted by Crippen LogP contribution is -2.43. The maximum atomic E-state index is 10.1. The Hall–Kier alpha value is -0.770. The van der Waals surface area contributed by atoms with E-state index in [4.69, 9.17) is 16.3 Å². The number of aliphatic hydroxyl groups excluding tert-OH is 1. The van der Waals surface area contributed by atoms with E-state index in [2.05, 4.69) is 11.8 Å². The Morgan fingerprint density at radius 3 is 2.95 bits per heavy atom. The van der Waals surface area contributed by atoms with Crippen LogP contribution in [-0.4, -0.2) is 41.8 Å². The van der Waals surface area contributed by atoms with E-state index in [0.717, 1.165) is 22.9 Å². The molecule has 1 aromatic carbocycles. The van der Waals surface area contributed by atoms with Crippen LogP contribution in [0.1, 0.15) is 31.7 Å². The number of β-amino-alcohol motifs (C(OH)–C–C–N with tert-alkyl or cyclic N) is 1. The molecule has 1 aliphatic heterocycles. The van der Waals surface area contributed by atoms with Crippen molar-refractivity contribution in [2.24, 2.45) is 0 Å². The minimum atomic E-state index is -0.452. The van der Waals surface area contributed by atoms with Gasteiger partial charge < -0.3 is 9.84 Å². The van der Waals surface area contributed by atoms with Crippen molar-refractivity contribution in [3.8, 4) is 5.75 Å². The van der Waals surface area contributed by atoms with Crippen molar-refractivity contribution in [2.45, 2.75) is 45.3 Å². The molecule has 0 saturated carbocycles. The molecule has 1 saturated heterocycles. The summed E-state index contributed by atoms with van der Waals surface area (Å²) in [6.07, 6.45) is 3.30. The Kier molecular flexibility index (Phi) is 5.70. The highest BCUT2D eigenvalue weighted by molar-refractivity contribution is 6.31. The molecule has 4 heteroatoms. The van der Waals surface area contributed by atoms with E-state index >= 15 is 0 Å². The van der Waals surface area contributed by atoms with Crippen molar-refractivity contribution in [3.63, 3.8) is 0 Å². The molecule has 112 valence electrons. The molecule has 0 spiro atoms. The molecular weight excluding hydrogens is 274 g/mol. The van der Waals surface area contributed by atoms with Gasteiger partial charge in [0, 0.05) is 17.6 Å². The van der Waals surface area contributed by atoms with Gasteiger partial charge in [-0.15, -0.1) is 0 Å². The number of likely N-dealkylation sites (tertiary alicyclic amines) is 1. The average Bonchev–Trinajstić information content (AvgIpc) is 2.43. The number of hydrogen-bond donors (Lipinski definition) is 1. The number of hydrogen-bond acceptors (Lipinski definition) is 3. The number of aryl methyl sites for hydroxylation is 1. The Morgan fingerprint density at radius 1 is 1.45 bits per heavy atom. The number of nitrogens with zero attached hydrogens (tertiary/aromatic N) is 1. The lowest BCUT2D eigenvalue weighted by molar-refractivity contribution is 0.0438. The van der Waals surface area contributed by atoms with Crippen molar-refractivity contribution in [1.29, 1.82) is 0 Å². The van der Waals surface area contributed by atoms with Gasteiger partial charge >= 0.3 is 0 Å². The Labute approximate surface area is 126 Å². The number of aliphatic hydroxyl groups is 1. The summed E-state index contributed by atoms with van der Waals surface area (Å²) >= 11 is 5.98. The summed E-state index contributed by atoms with van der Waals surface area (Å²) in [5, 5.41) is 10.8. The van der Waals surface area contributed by atoms with Crippen LogP contribution in [0.3, 0.4) is 0 Å². The molecule has 0 bridgehead atoms. The van der Waals surface area contributed by atoms with E-state index in [1.807, 2.05) is 25.1 Å². The first-order chi connectivity index (χ1) is 9.56. The van der Waals surface area contributed by atoms with Crippen molar-refractivity contribution >= 4 is 11.6 Å². The molecule has 1 heterocycles. The molecular formula is C16H24ClNO2. The van der Waals surface area contributed by atoms with Gasteiger partial charge in [-0.1, -0.05) is 18.0 Å². The molecule has 1 N–H and O–H groups in total. The third-order valence-electron chi connectivity index (χ3n) is 3.96. The van der Waals surface area contributed by atoms with Gasteiger partial charge in [0.25, 0.3) is 0 Å². The van der Waals surface area contributed by atoms with E-state index in [1.165, 1.54) is 19.3 Å². The third kappa shape index (κ3) is 4.37. The lowest BCUT2D eigenvalue weighted by atomic mass is 10.0. The van der Waals surface area contributed by atoms with Crippen LogP contribution in [0.2, 0.25) is 5.02 Å². The molecule has 2 atom stereocenters. The molecule has 0 aliphatic carbocycles. The van der Waals surface area contributed by atoms with Gasteiger partial charge in [-0.3, -0.25) is 4.90 Å². The van der Waals surface area contributed by atoms with E-state index < -0.39 is 6.10 Å². The smallest absolute Gasteiger partial charge is 0.119 e. The third-order valence-corrected chi connectivity index (χ3v) is 4.38. The Morgan fingerprint density at radius 2 is 2.25 bits per heavy atom. The summed E-state index contributed by atoms with van der Waals surface area (Å²) in [4.78, 5) is 2.35. The summed E-state index contributed by atoms with van der Waals surface area (Å²) in [6.45, 7) is 6.27. The van der Waals surface area contributed by atoms with E-state index in [0.29, 0.717) is 19.2 Å². The number of ether oxygens (including phenoxy) is 1. The van der Waals surface area contributed by atoms with Crippen LogP contribution in [0.5, 0.6) is 5.75 Å².